The summed E-state index contributed by atoms with van der Waals surface area (Å²) in [5.74, 6) is 0. The minimum Gasteiger partial charge on any atom is -0.0873 e. The van der Waals surface area contributed by atoms with Crippen molar-refractivity contribution in [3.8, 4) is 0 Å². The first kappa shape index (κ1) is 7.29. The van der Waals surface area contributed by atoms with Gasteiger partial charge >= 0.3 is 0 Å². The third kappa shape index (κ3) is 2.19. The van der Waals surface area contributed by atoms with Gasteiger partial charge in [-0.25, -0.2) is 0 Å². The molecular weight excluding hydrogens is 136 g/mol. The second-order valence-electron chi connectivity index (χ2n) is 2.02. The second-order valence-corrected chi connectivity index (χ2v) is 2.43. The van der Waals surface area contributed by atoms with Gasteiger partial charge in [0.05, 0.1) is 0 Å². The molecular formula is C9H9Si. The maximum Gasteiger partial charge on any atom is 0.0275 e. The van der Waals surface area contributed by atoms with Crippen LogP contribution < -0.4 is 0 Å². The van der Waals surface area contributed by atoms with E-state index < -0.39 is 0 Å². The van der Waals surface area contributed by atoms with E-state index in [9.17, 15) is 0 Å². The molecule has 3 radical (unpaired) electrons. The molecule has 0 atom stereocenters. The van der Waals surface area contributed by atoms with Crippen LogP contribution in [0.25, 0.3) is 6.08 Å². The molecule has 0 bridgehead atoms. The fourth-order valence-electron chi connectivity index (χ4n) is 0.759. The zero-order chi connectivity index (χ0) is 7.23. The van der Waals surface area contributed by atoms with E-state index in [1.54, 1.807) is 0 Å². The molecule has 10 heavy (non-hydrogen) atoms. The van der Waals surface area contributed by atoms with Crippen molar-refractivity contribution in [1.82, 2.24) is 0 Å². The minimum atomic E-state index is 0.912. The van der Waals surface area contributed by atoms with Crippen molar-refractivity contribution >= 4 is 16.3 Å². The lowest BCUT2D eigenvalue weighted by Gasteiger charge is -1.88. The number of hydrogen-bond acceptors (Lipinski definition) is 0. The van der Waals surface area contributed by atoms with Gasteiger partial charge in [0.1, 0.15) is 0 Å². The van der Waals surface area contributed by atoms with Gasteiger partial charge in [0, 0.05) is 10.2 Å². The zero-order valence-electron chi connectivity index (χ0n) is 5.75. The summed E-state index contributed by atoms with van der Waals surface area (Å²) in [6, 6.07) is 11.2. The molecule has 0 amide bonds. The average molecular weight is 145 g/mol. The Kier molecular flexibility index (Phi) is 2.96. The van der Waals surface area contributed by atoms with Gasteiger partial charge in [0.15, 0.2) is 0 Å². The molecule has 0 saturated carbocycles. The van der Waals surface area contributed by atoms with Crippen molar-refractivity contribution in [3.05, 3.63) is 42.0 Å². The van der Waals surface area contributed by atoms with Gasteiger partial charge < -0.3 is 0 Å². The van der Waals surface area contributed by atoms with E-state index in [0.717, 1.165) is 6.04 Å². The van der Waals surface area contributed by atoms with Gasteiger partial charge in [-0.15, -0.1) is 0 Å². The molecule has 0 saturated heterocycles. The second kappa shape index (κ2) is 4.07. The summed E-state index contributed by atoms with van der Waals surface area (Å²) in [5.41, 5.74) is 1.25. The Balaban J connectivity index is 2.67. The molecule has 1 heteroatoms. The topological polar surface area (TPSA) is 0 Å². The molecule has 0 fully saturated rings. The zero-order valence-corrected chi connectivity index (χ0v) is 6.75. The van der Waals surface area contributed by atoms with Gasteiger partial charge in [-0.3, -0.25) is 0 Å². The highest BCUT2D eigenvalue weighted by atomic mass is 28.1. The normalized spacial score (nSPS) is 10.5. The van der Waals surface area contributed by atoms with Crippen molar-refractivity contribution in [3.63, 3.8) is 0 Å². The summed E-state index contributed by atoms with van der Waals surface area (Å²) in [5, 5.41) is 0. The Morgan fingerprint density at radius 1 is 1.20 bits per heavy atom. The van der Waals surface area contributed by atoms with Gasteiger partial charge in [-0.1, -0.05) is 42.5 Å². The molecule has 0 heterocycles. The first-order valence-corrected chi connectivity index (χ1v) is 4.00. The van der Waals surface area contributed by atoms with Crippen LogP contribution in [0, 0.1) is 0 Å². The molecule has 0 aliphatic heterocycles. The summed E-state index contributed by atoms with van der Waals surface area (Å²) in [6.07, 6.45) is 4.17. The summed E-state index contributed by atoms with van der Waals surface area (Å²) in [7, 11) is 3.36. The highest BCUT2D eigenvalue weighted by Gasteiger charge is 1.79. The van der Waals surface area contributed by atoms with Crippen molar-refractivity contribution < 1.29 is 0 Å². The van der Waals surface area contributed by atoms with E-state index in [2.05, 4.69) is 34.5 Å². The first-order chi connectivity index (χ1) is 4.93. The Labute approximate surface area is 65.0 Å². The third-order valence-corrected chi connectivity index (χ3v) is 1.46. The van der Waals surface area contributed by atoms with Crippen molar-refractivity contribution in [1.29, 1.82) is 0 Å². The maximum absolute atomic E-state index is 3.36. The maximum atomic E-state index is 3.36. The number of rotatable bonds is 2. The summed E-state index contributed by atoms with van der Waals surface area (Å²) >= 11 is 0. The fraction of sp³-hybridized carbons (Fsp3) is 0.111. The minimum absolute atomic E-state index is 0.912. The number of benzene rings is 1. The molecule has 0 aliphatic carbocycles. The van der Waals surface area contributed by atoms with E-state index in [1.807, 2.05) is 18.2 Å². The quantitative estimate of drug-likeness (QED) is 0.560. The van der Waals surface area contributed by atoms with E-state index in [4.69, 9.17) is 0 Å². The number of allylic oxidation sites excluding steroid dienone is 1. The predicted molar refractivity (Wildman–Crippen MR) is 46.0 cm³/mol. The van der Waals surface area contributed by atoms with E-state index >= 15 is 0 Å². The van der Waals surface area contributed by atoms with Crippen LogP contribution in [0.1, 0.15) is 5.56 Å². The van der Waals surface area contributed by atoms with Crippen molar-refractivity contribution in [2.24, 2.45) is 0 Å². The highest BCUT2D eigenvalue weighted by molar-refractivity contribution is 6.09. The third-order valence-electron chi connectivity index (χ3n) is 1.23. The lowest BCUT2D eigenvalue weighted by molar-refractivity contribution is 1.64. The van der Waals surface area contributed by atoms with Crippen LogP contribution in [0.15, 0.2) is 36.4 Å². The van der Waals surface area contributed by atoms with Crippen LogP contribution in [-0.2, 0) is 0 Å². The van der Waals surface area contributed by atoms with Gasteiger partial charge in [0.2, 0.25) is 0 Å². The molecule has 1 rings (SSSR count). The van der Waals surface area contributed by atoms with Crippen LogP contribution in [0.2, 0.25) is 6.04 Å². The Hall–Kier alpha value is -0.823. The van der Waals surface area contributed by atoms with Gasteiger partial charge in [0.25, 0.3) is 0 Å². The van der Waals surface area contributed by atoms with Crippen molar-refractivity contribution in [2.75, 3.05) is 0 Å². The molecule has 0 spiro atoms. The van der Waals surface area contributed by atoms with Crippen LogP contribution in [0.4, 0.5) is 0 Å². The molecule has 0 aliphatic rings. The molecule has 0 nitrogen and oxygen atoms in total. The smallest absolute Gasteiger partial charge is 0.0275 e. The summed E-state index contributed by atoms with van der Waals surface area (Å²) in [6.45, 7) is 0. The standard InChI is InChI=1S/C9H9Si/c10-8-4-7-9-5-2-1-3-6-9/h1-7H,8H2/b7-4+. The molecule has 0 unspecified atom stereocenters. The van der Waals surface area contributed by atoms with Crippen LogP contribution in [-0.4, -0.2) is 10.2 Å². The molecule has 1 aromatic rings. The largest absolute Gasteiger partial charge is 0.0873 e. The van der Waals surface area contributed by atoms with E-state index in [1.165, 1.54) is 5.56 Å². The van der Waals surface area contributed by atoms with Crippen molar-refractivity contribution in [2.45, 2.75) is 6.04 Å². The highest BCUT2D eigenvalue weighted by Crippen LogP contribution is 2.00. The molecule has 1 aromatic carbocycles. The summed E-state index contributed by atoms with van der Waals surface area (Å²) < 4.78 is 0. The summed E-state index contributed by atoms with van der Waals surface area (Å²) in [4.78, 5) is 0. The monoisotopic (exact) mass is 145 g/mol. The first-order valence-electron chi connectivity index (χ1n) is 3.29. The average Bonchev–Trinajstić information content (AvgIpc) is 2.03. The SMILES string of the molecule is [Si]C/C=C/c1ccccc1. The molecule has 0 N–H and O–H groups in total. The van der Waals surface area contributed by atoms with E-state index in [-0.39, 0.29) is 0 Å². The van der Waals surface area contributed by atoms with E-state index in [0.29, 0.717) is 0 Å². The van der Waals surface area contributed by atoms with Gasteiger partial charge in [-0.05, 0) is 11.6 Å². The van der Waals surface area contributed by atoms with Crippen LogP contribution in [0.5, 0.6) is 0 Å². The molecule has 49 valence electrons. The lowest BCUT2D eigenvalue weighted by atomic mass is 10.2. The lowest BCUT2D eigenvalue weighted by Crippen LogP contribution is -1.67. The Morgan fingerprint density at radius 2 is 1.90 bits per heavy atom. The Morgan fingerprint density at radius 3 is 2.50 bits per heavy atom. The molecule has 0 aromatic heterocycles. The predicted octanol–water partition coefficient (Wildman–Crippen LogP) is 2.29. The number of hydrogen-bond donors (Lipinski definition) is 0. The van der Waals surface area contributed by atoms with Crippen LogP contribution in [0.3, 0.4) is 0 Å². The van der Waals surface area contributed by atoms with Crippen LogP contribution >= 0.6 is 0 Å². The Bertz CT molecular complexity index is 201. The fourth-order valence-corrected chi connectivity index (χ4v) is 0.877. The van der Waals surface area contributed by atoms with Gasteiger partial charge in [-0.2, -0.15) is 0 Å².